The standard InChI is InChI=1S/C14H22N2O/c1-2-14(1)16(10-13-5-8-17-11-13)9-12-3-6-15-7-4-12/h5,8,11-12,14-15H,1-4,6-7,9-10H2. The van der Waals surface area contributed by atoms with Crippen LogP contribution in [-0.4, -0.2) is 30.6 Å². The molecule has 1 aromatic heterocycles. The molecule has 1 N–H and O–H groups in total. The van der Waals surface area contributed by atoms with E-state index in [1.165, 1.54) is 50.9 Å². The minimum absolute atomic E-state index is 0.847. The molecular formula is C14H22N2O. The fraction of sp³-hybridized carbons (Fsp3) is 0.714. The minimum atomic E-state index is 0.847. The van der Waals surface area contributed by atoms with E-state index < -0.39 is 0 Å². The monoisotopic (exact) mass is 234 g/mol. The summed E-state index contributed by atoms with van der Waals surface area (Å²) < 4.78 is 5.17. The van der Waals surface area contributed by atoms with Gasteiger partial charge in [0.2, 0.25) is 0 Å². The summed E-state index contributed by atoms with van der Waals surface area (Å²) in [6, 6.07) is 2.94. The van der Waals surface area contributed by atoms with E-state index in [2.05, 4.69) is 16.3 Å². The summed E-state index contributed by atoms with van der Waals surface area (Å²) in [4.78, 5) is 2.67. The third-order valence-corrected chi connectivity index (χ3v) is 3.98. The lowest BCUT2D eigenvalue weighted by Crippen LogP contribution is -2.36. The fourth-order valence-electron chi connectivity index (χ4n) is 2.80. The molecule has 0 amide bonds. The van der Waals surface area contributed by atoms with Gasteiger partial charge in [-0.1, -0.05) is 0 Å². The Hall–Kier alpha value is -0.800. The number of piperidine rings is 1. The molecule has 1 saturated heterocycles. The van der Waals surface area contributed by atoms with Gasteiger partial charge in [0.25, 0.3) is 0 Å². The molecule has 3 rings (SSSR count). The molecule has 17 heavy (non-hydrogen) atoms. The molecule has 0 bridgehead atoms. The molecule has 3 heteroatoms. The second kappa shape index (κ2) is 5.23. The Labute approximate surface area is 103 Å². The highest BCUT2D eigenvalue weighted by molar-refractivity contribution is 5.06. The summed E-state index contributed by atoms with van der Waals surface area (Å²) in [7, 11) is 0. The SMILES string of the molecule is c1cc(CN(CC2CCNCC2)C2CC2)co1. The van der Waals surface area contributed by atoms with Gasteiger partial charge in [0.15, 0.2) is 0 Å². The maximum absolute atomic E-state index is 5.17. The van der Waals surface area contributed by atoms with Crippen LogP contribution in [0.5, 0.6) is 0 Å². The van der Waals surface area contributed by atoms with Gasteiger partial charge < -0.3 is 9.73 Å². The van der Waals surface area contributed by atoms with Gasteiger partial charge in [-0.05, 0) is 50.8 Å². The Balaban J connectivity index is 1.56. The highest BCUT2D eigenvalue weighted by Crippen LogP contribution is 2.30. The van der Waals surface area contributed by atoms with Crippen LogP contribution in [0.1, 0.15) is 31.2 Å². The minimum Gasteiger partial charge on any atom is -0.472 e. The largest absolute Gasteiger partial charge is 0.472 e. The van der Waals surface area contributed by atoms with Crippen molar-refractivity contribution >= 4 is 0 Å². The second-order valence-corrected chi connectivity index (χ2v) is 5.49. The zero-order valence-electron chi connectivity index (χ0n) is 10.4. The number of rotatable bonds is 5. The van der Waals surface area contributed by atoms with Crippen molar-refractivity contribution in [2.45, 2.75) is 38.3 Å². The summed E-state index contributed by atoms with van der Waals surface area (Å²) in [5, 5.41) is 3.44. The van der Waals surface area contributed by atoms with Gasteiger partial charge in [0.05, 0.1) is 12.5 Å². The molecule has 0 spiro atoms. The quantitative estimate of drug-likeness (QED) is 0.847. The van der Waals surface area contributed by atoms with Crippen LogP contribution in [0.3, 0.4) is 0 Å². The van der Waals surface area contributed by atoms with Gasteiger partial charge in [-0.3, -0.25) is 4.90 Å². The molecule has 2 fully saturated rings. The molecule has 1 aliphatic heterocycles. The Kier molecular flexibility index (Phi) is 3.48. The molecular weight excluding hydrogens is 212 g/mol. The average molecular weight is 234 g/mol. The first kappa shape index (κ1) is 11.3. The van der Waals surface area contributed by atoms with E-state index in [0.717, 1.165) is 18.5 Å². The van der Waals surface area contributed by atoms with E-state index in [9.17, 15) is 0 Å². The third kappa shape index (κ3) is 3.11. The van der Waals surface area contributed by atoms with Crippen LogP contribution >= 0.6 is 0 Å². The molecule has 3 nitrogen and oxygen atoms in total. The van der Waals surface area contributed by atoms with Crippen LogP contribution in [-0.2, 0) is 6.54 Å². The molecule has 0 atom stereocenters. The van der Waals surface area contributed by atoms with Crippen molar-refractivity contribution in [2.75, 3.05) is 19.6 Å². The summed E-state index contributed by atoms with van der Waals surface area (Å²) in [5.74, 6) is 0.892. The normalized spacial score (nSPS) is 22.2. The van der Waals surface area contributed by atoms with Gasteiger partial charge in [-0.2, -0.15) is 0 Å². The van der Waals surface area contributed by atoms with Crippen molar-refractivity contribution in [1.82, 2.24) is 10.2 Å². The molecule has 0 unspecified atom stereocenters. The number of hydrogen-bond acceptors (Lipinski definition) is 3. The van der Waals surface area contributed by atoms with E-state index in [-0.39, 0.29) is 0 Å². The van der Waals surface area contributed by atoms with Crippen LogP contribution in [0.25, 0.3) is 0 Å². The number of furan rings is 1. The van der Waals surface area contributed by atoms with E-state index in [1.807, 2.05) is 6.26 Å². The van der Waals surface area contributed by atoms with E-state index in [4.69, 9.17) is 4.42 Å². The van der Waals surface area contributed by atoms with Crippen LogP contribution in [0, 0.1) is 5.92 Å². The summed E-state index contributed by atoms with van der Waals surface area (Å²) in [6.45, 7) is 4.76. The van der Waals surface area contributed by atoms with Crippen LogP contribution in [0.4, 0.5) is 0 Å². The molecule has 2 heterocycles. The first-order valence-corrected chi connectivity index (χ1v) is 6.87. The van der Waals surface area contributed by atoms with Crippen molar-refractivity contribution in [3.8, 4) is 0 Å². The molecule has 94 valence electrons. The molecule has 0 aromatic carbocycles. The fourth-order valence-corrected chi connectivity index (χ4v) is 2.80. The van der Waals surface area contributed by atoms with Crippen molar-refractivity contribution in [1.29, 1.82) is 0 Å². The highest BCUT2D eigenvalue weighted by Gasteiger charge is 2.30. The molecule has 1 saturated carbocycles. The van der Waals surface area contributed by atoms with Crippen LogP contribution in [0.15, 0.2) is 23.0 Å². The average Bonchev–Trinajstić information content (AvgIpc) is 3.09. The Morgan fingerprint density at radius 2 is 2.06 bits per heavy atom. The zero-order chi connectivity index (χ0) is 11.5. The predicted molar refractivity (Wildman–Crippen MR) is 67.7 cm³/mol. The summed E-state index contributed by atoms with van der Waals surface area (Å²) in [5.41, 5.74) is 1.32. The first-order valence-electron chi connectivity index (χ1n) is 6.87. The van der Waals surface area contributed by atoms with E-state index >= 15 is 0 Å². The predicted octanol–water partition coefficient (Wildman–Crippen LogP) is 2.24. The molecule has 1 aliphatic carbocycles. The van der Waals surface area contributed by atoms with Crippen molar-refractivity contribution < 1.29 is 4.42 Å². The van der Waals surface area contributed by atoms with Crippen molar-refractivity contribution in [3.05, 3.63) is 24.2 Å². The number of nitrogens with one attached hydrogen (secondary N) is 1. The lowest BCUT2D eigenvalue weighted by molar-refractivity contribution is 0.190. The van der Waals surface area contributed by atoms with E-state index in [1.54, 1.807) is 6.26 Å². The summed E-state index contributed by atoms with van der Waals surface area (Å²) in [6.07, 6.45) is 9.14. The zero-order valence-corrected chi connectivity index (χ0v) is 10.4. The molecule has 2 aliphatic rings. The highest BCUT2D eigenvalue weighted by atomic mass is 16.3. The van der Waals surface area contributed by atoms with Crippen LogP contribution < -0.4 is 5.32 Å². The van der Waals surface area contributed by atoms with Crippen molar-refractivity contribution in [2.24, 2.45) is 5.92 Å². The molecule has 0 radical (unpaired) electrons. The summed E-state index contributed by atoms with van der Waals surface area (Å²) >= 11 is 0. The third-order valence-electron chi connectivity index (χ3n) is 3.98. The van der Waals surface area contributed by atoms with Crippen molar-refractivity contribution in [3.63, 3.8) is 0 Å². The molecule has 1 aromatic rings. The first-order chi connectivity index (χ1) is 8.42. The lowest BCUT2D eigenvalue weighted by atomic mass is 9.97. The smallest absolute Gasteiger partial charge is 0.0947 e. The van der Waals surface area contributed by atoms with E-state index in [0.29, 0.717) is 0 Å². The topological polar surface area (TPSA) is 28.4 Å². The maximum atomic E-state index is 5.17. The Bertz CT molecular complexity index is 326. The Morgan fingerprint density at radius 1 is 1.24 bits per heavy atom. The number of hydrogen-bond donors (Lipinski definition) is 1. The van der Waals surface area contributed by atoms with Crippen LogP contribution in [0.2, 0.25) is 0 Å². The van der Waals surface area contributed by atoms with Gasteiger partial charge in [0.1, 0.15) is 0 Å². The number of nitrogens with zero attached hydrogens (tertiary/aromatic N) is 1. The second-order valence-electron chi connectivity index (χ2n) is 5.49. The van der Waals surface area contributed by atoms with Gasteiger partial charge in [0, 0.05) is 24.7 Å². The maximum Gasteiger partial charge on any atom is 0.0947 e. The van der Waals surface area contributed by atoms with Gasteiger partial charge in [-0.15, -0.1) is 0 Å². The lowest BCUT2D eigenvalue weighted by Gasteiger charge is -2.29. The van der Waals surface area contributed by atoms with Gasteiger partial charge >= 0.3 is 0 Å². The Morgan fingerprint density at radius 3 is 2.71 bits per heavy atom. The van der Waals surface area contributed by atoms with Gasteiger partial charge in [-0.25, -0.2) is 0 Å².